The summed E-state index contributed by atoms with van der Waals surface area (Å²) in [6.07, 6.45) is 0.323. The van der Waals surface area contributed by atoms with Crippen molar-refractivity contribution in [2.45, 2.75) is 26.3 Å². The Kier molecular flexibility index (Phi) is 4.03. The first-order valence-electron chi connectivity index (χ1n) is 3.72. The molecule has 0 spiro atoms. The van der Waals surface area contributed by atoms with Crippen molar-refractivity contribution in [3.63, 3.8) is 0 Å². The summed E-state index contributed by atoms with van der Waals surface area (Å²) in [5.74, 6) is -1.13. The Bertz CT molecular complexity index is 220. The van der Waals surface area contributed by atoms with Gasteiger partial charge in [0.05, 0.1) is 5.54 Å². The summed E-state index contributed by atoms with van der Waals surface area (Å²) < 4.78 is 0. The Morgan fingerprint density at radius 2 is 2.08 bits per heavy atom. The molecule has 1 N–H and O–H groups in total. The molecule has 0 aliphatic heterocycles. The molecule has 0 aliphatic carbocycles. The summed E-state index contributed by atoms with van der Waals surface area (Å²) in [7, 11) is 0. The van der Waals surface area contributed by atoms with Gasteiger partial charge < -0.3 is 5.11 Å². The molecule has 0 radical (unpaired) electrons. The molecule has 0 bridgehead atoms. The SMILES string of the molecule is CC(C)(C)/N=N/N(C=O)CC(=O)O. The Morgan fingerprint density at radius 1 is 1.54 bits per heavy atom. The maximum absolute atomic E-state index is 10.3. The largest absolute Gasteiger partial charge is 0.480 e. The van der Waals surface area contributed by atoms with Gasteiger partial charge in [0.25, 0.3) is 0 Å². The van der Waals surface area contributed by atoms with Crippen LogP contribution in [0.25, 0.3) is 0 Å². The highest BCUT2D eigenvalue weighted by Crippen LogP contribution is 2.07. The molecule has 6 nitrogen and oxygen atoms in total. The Labute approximate surface area is 76.2 Å². The molecular weight excluding hydrogens is 174 g/mol. The minimum atomic E-state index is -1.13. The molecule has 0 aromatic carbocycles. The third-order valence-electron chi connectivity index (χ3n) is 0.879. The Morgan fingerprint density at radius 3 is 2.38 bits per heavy atom. The second-order valence-corrected chi connectivity index (χ2v) is 3.46. The molecule has 0 rings (SSSR count). The van der Waals surface area contributed by atoms with Gasteiger partial charge in [-0.3, -0.25) is 9.59 Å². The van der Waals surface area contributed by atoms with E-state index in [1.165, 1.54) is 0 Å². The van der Waals surface area contributed by atoms with E-state index in [0.717, 1.165) is 5.01 Å². The molecule has 0 heterocycles. The number of nitrogens with zero attached hydrogens (tertiary/aromatic N) is 3. The monoisotopic (exact) mass is 187 g/mol. The minimum absolute atomic E-state index is 0.323. The van der Waals surface area contributed by atoms with Crippen LogP contribution in [0, 0.1) is 0 Å². The number of hydrogen-bond donors (Lipinski definition) is 1. The van der Waals surface area contributed by atoms with E-state index in [1.807, 2.05) is 0 Å². The van der Waals surface area contributed by atoms with Crippen LogP contribution in [0.1, 0.15) is 20.8 Å². The van der Waals surface area contributed by atoms with Gasteiger partial charge in [-0.25, -0.2) is 5.01 Å². The fraction of sp³-hybridized carbons (Fsp3) is 0.714. The summed E-state index contributed by atoms with van der Waals surface area (Å²) in [4.78, 5) is 20.5. The van der Waals surface area contributed by atoms with E-state index >= 15 is 0 Å². The van der Waals surface area contributed by atoms with Crippen LogP contribution in [0.3, 0.4) is 0 Å². The first kappa shape index (κ1) is 11.5. The summed E-state index contributed by atoms with van der Waals surface area (Å²) >= 11 is 0. The molecule has 74 valence electrons. The molecule has 0 saturated carbocycles. The molecule has 0 aromatic heterocycles. The average Bonchev–Trinajstić information content (AvgIpc) is 1.95. The van der Waals surface area contributed by atoms with E-state index < -0.39 is 18.1 Å². The highest BCUT2D eigenvalue weighted by atomic mass is 16.4. The lowest BCUT2D eigenvalue weighted by atomic mass is 10.1. The number of aliphatic carboxylic acids is 1. The minimum Gasteiger partial charge on any atom is -0.480 e. The molecule has 0 unspecified atom stereocenters. The van der Waals surface area contributed by atoms with Crippen LogP contribution in [0.4, 0.5) is 0 Å². The Hall–Kier alpha value is -1.46. The van der Waals surface area contributed by atoms with E-state index in [0.29, 0.717) is 6.41 Å². The average molecular weight is 187 g/mol. The van der Waals surface area contributed by atoms with Gasteiger partial charge in [-0.15, -0.1) is 0 Å². The van der Waals surface area contributed by atoms with Gasteiger partial charge in [0.1, 0.15) is 6.54 Å². The summed E-state index contributed by atoms with van der Waals surface area (Å²) in [6, 6.07) is 0. The van der Waals surface area contributed by atoms with Gasteiger partial charge in [0.2, 0.25) is 6.41 Å². The van der Waals surface area contributed by atoms with Crippen LogP contribution in [0.5, 0.6) is 0 Å². The topological polar surface area (TPSA) is 82.3 Å². The molecule has 0 saturated heterocycles. The van der Waals surface area contributed by atoms with Gasteiger partial charge in [0.15, 0.2) is 0 Å². The fourth-order valence-electron chi connectivity index (χ4n) is 0.420. The van der Waals surface area contributed by atoms with Crippen molar-refractivity contribution in [3.05, 3.63) is 0 Å². The van der Waals surface area contributed by atoms with E-state index in [2.05, 4.69) is 10.3 Å². The van der Waals surface area contributed by atoms with Crippen LogP contribution < -0.4 is 0 Å². The predicted octanol–water partition coefficient (Wildman–Crippen LogP) is 0.695. The van der Waals surface area contributed by atoms with Gasteiger partial charge >= 0.3 is 5.97 Å². The van der Waals surface area contributed by atoms with Crippen LogP contribution in [-0.4, -0.2) is 34.6 Å². The van der Waals surface area contributed by atoms with Gasteiger partial charge in [-0.05, 0) is 20.8 Å². The molecule has 0 aliphatic rings. The van der Waals surface area contributed by atoms with Crippen LogP contribution in [0.15, 0.2) is 10.3 Å². The summed E-state index contributed by atoms with van der Waals surface area (Å²) in [6.45, 7) is 4.91. The van der Waals surface area contributed by atoms with Gasteiger partial charge in [0, 0.05) is 0 Å². The van der Waals surface area contributed by atoms with Crippen LogP contribution in [0.2, 0.25) is 0 Å². The number of carboxylic acid groups (broad SMARTS) is 1. The van der Waals surface area contributed by atoms with E-state index in [4.69, 9.17) is 5.11 Å². The second-order valence-electron chi connectivity index (χ2n) is 3.46. The Balaban J connectivity index is 4.20. The highest BCUT2D eigenvalue weighted by molar-refractivity contribution is 5.71. The van der Waals surface area contributed by atoms with E-state index in [9.17, 15) is 9.59 Å². The van der Waals surface area contributed by atoms with Crippen molar-refractivity contribution in [3.8, 4) is 0 Å². The standard InChI is InChI=1S/C7H13N3O3/c1-7(2,3)8-9-10(5-11)4-6(12)13/h5H,4H2,1-3H3,(H,12,13)/b9-8+. The molecule has 13 heavy (non-hydrogen) atoms. The maximum Gasteiger partial charge on any atom is 0.325 e. The highest BCUT2D eigenvalue weighted by Gasteiger charge is 2.10. The van der Waals surface area contributed by atoms with Crippen molar-refractivity contribution < 1.29 is 14.7 Å². The van der Waals surface area contributed by atoms with Gasteiger partial charge in [-0.2, -0.15) is 5.11 Å². The fourth-order valence-corrected chi connectivity index (χ4v) is 0.420. The zero-order valence-electron chi connectivity index (χ0n) is 7.89. The third kappa shape index (κ3) is 6.92. The molecule has 1 amide bonds. The van der Waals surface area contributed by atoms with Crippen molar-refractivity contribution >= 4 is 12.4 Å². The van der Waals surface area contributed by atoms with Gasteiger partial charge in [-0.1, -0.05) is 5.22 Å². The lowest BCUT2D eigenvalue weighted by molar-refractivity contribution is -0.141. The summed E-state index contributed by atoms with van der Waals surface area (Å²) in [5.41, 5.74) is -0.417. The first-order valence-corrected chi connectivity index (χ1v) is 3.72. The van der Waals surface area contributed by atoms with E-state index in [-0.39, 0.29) is 0 Å². The summed E-state index contributed by atoms with van der Waals surface area (Å²) in [5, 5.41) is 16.3. The molecule has 6 heteroatoms. The predicted molar refractivity (Wildman–Crippen MR) is 45.0 cm³/mol. The lowest BCUT2D eigenvalue weighted by Crippen LogP contribution is -2.24. The molecular formula is C7H13N3O3. The smallest absolute Gasteiger partial charge is 0.325 e. The quantitative estimate of drug-likeness (QED) is 0.399. The van der Waals surface area contributed by atoms with Crippen molar-refractivity contribution in [1.82, 2.24) is 5.01 Å². The van der Waals surface area contributed by atoms with Crippen molar-refractivity contribution in [2.75, 3.05) is 6.54 Å². The van der Waals surface area contributed by atoms with E-state index in [1.54, 1.807) is 20.8 Å². The third-order valence-corrected chi connectivity index (χ3v) is 0.879. The maximum atomic E-state index is 10.3. The molecule has 0 atom stereocenters. The second kappa shape index (κ2) is 4.54. The van der Waals surface area contributed by atoms with Crippen LogP contribution >= 0.6 is 0 Å². The van der Waals surface area contributed by atoms with Crippen molar-refractivity contribution in [2.24, 2.45) is 10.3 Å². The number of amides is 1. The zero-order chi connectivity index (χ0) is 10.5. The normalized spacial score (nSPS) is 11.6. The lowest BCUT2D eigenvalue weighted by Gasteiger charge is -2.11. The number of carbonyl (C=O) groups excluding carboxylic acids is 1. The number of carboxylic acids is 1. The number of rotatable bonds is 4. The molecule has 0 aromatic rings. The van der Waals surface area contributed by atoms with Crippen molar-refractivity contribution in [1.29, 1.82) is 0 Å². The van der Waals surface area contributed by atoms with Crippen LogP contribution in [-0.2, 0) is 9.59 Å². The number of carbonyl (C=O) groups is 2. The first-order chi connectivity index (χ1) is 5.85. The number of hydrogen-bond acceptors (Lipinski definition) is 4. The molecule has 0 fully saturated rings. The zero-order valence-corrected chi connectivity index (χ0v) is 7.89.